The summed E-state index contributed by atoms with van der Waals surface area (Å²) in [6.07, 6.45) is 11.8. The molecule has 5 rings (SSSR count). The molecule has 4 fully saturated rings. The Labute approximate surface area is 115 Å². The highest BCUT2D eigenvalue weighted by Crippen LogP contribution is 2.60. The highest BCUT2D eigenvalue weighted by Gasteiger charge is 2.50. The first kappa shape index (κ1) is 11.8. The lowest BCUT2D eigenvalue weighted by atomic mass is 9.49. The Morgan fingerprint density at radius 2 is 1.74 bits per heavy atom. The molecule has 3 nitrogen and oxygen atoms in total. The van der Waals surface area contributed by atoms with E-state index in [9.17, 15) is 0 Å². The van der Waals surface area contributed by atoms with Gasteiger partial charge in [-0.3, -0.25) is 0 Å². The molecule has 2 N–H and O–H groups in total. The van der Waals surface area contributed by atoms with Gasteiger partial charge in [0.1, 0.15) is 5.82 Å². The molecule has 4 bridgehead atoms. The maximum absolute atomic E-state index is 5.69. The molecule has 4 saturated carbocycles. The normalized spacial score (nSPS) is 39.7. The first-order valence-electron chi connectivity index (χ1n) is 7.75. The van der Waals surface area contributed by atoms with E-state index in [1.165, 1.54) is 38.5 Å². The van der Waals surface area contributed by atoms with Crippen LogP contribution in [0.3, 0.4) is 0 Å². The van der Waals surface area contributed by atoms with Crippen molar-refractivity contribution in [2.75, 3.05) is 0 Å². The molecule has 3 heteroatoms. The Kier molecular flexibility index (Phi) is 2.66. The summed E-state index contributed by atoms with van der Waals surface area (Å²) in [5.41, 5.74) is 7.20. The van der Waals surface area contributed by atoms with Gasteiger partial charge in [0.05, 0.1) is 5.69 Å². The van der Waals surface area contributed by atoms with E-state index in [2.05, 4.69) is 9.97 Å². The molecule has 1 aromatic rings. The molecule has 0 amide bonds. The predicted molar refractivity (Wildman–Crippen MR) is 74.2 cm³/mol. The molecule has 0 aliphatic heterocycles. The van der Waals surface area contributed by atoms with Crippen LogP contribution in [-0.2, 0) is 13.0 Å². The average Bonchev–Trinajstić information content (AvgIpc) is 2.36. The second-order valence-corrected chi connectivity index (χ2v) is 7.26. The molecule has 1 heterocycles. The second kappa shape index (κ2) is 4.27. The molecule has 0 aromatic carbocycles. The summed E-state index contributed by atoms with van der Waals surface area (Å²) in [5, 5.41) is 0. The SMILES string of the molecule is NCc1ccnc(CC23CC4CC(CC(C4)C2)C3)n1. The topological polar surface area (TPSA) is 51.8 Å². The fourth-order valence-electron chi connectivity index (χ4n) is 5.48. The summed E-state index contributed by atoms with van der Waals surface area (Å²) >= 11 is 0. The van der Waals surface area contributed by atoms with Crippen molar-refractivity contribution in [1.29, 1.82) is 0 Å². The van der Waals surface area contributed by atoms with Gasteiger partial charge in [-0.1, -0.05) is 0 Å². The molecular formula is C16H23N3. The third-order valence-corrected chi connectivity index (χ3v) is 5.67. The van der Waals surface area contributed by atoms with Gasteiger partial charge in [0.25, 0.3) is 0 Å². The van der Waals surface area contributed by atoms with Gasteiger partial charge in [-0.15, -0.1) is 0 Å². The van der Waals surface area contributed by atoms with Crippen LogP contribution in [0, 0.1) is 23.2 Å². The molecule has 102 valence electrons. The molecule has 4 aliphatic carbocycles. The molecule has 0 atom stereocenters. The van der Waals surface area contributed by atoms with Crippen LogP contribution in [-0.4, -0.2) is 9.97 Å². The Hall–Kier alpha value is -0.960. The third kappa shape index (κ3) is 2.08. The van der Waals surface area contributed by atoms with Crippen molar-refractivity contribution < 1.29 is 0 Å². The van der Waals surface area contributed by atoms with E-state index >= 15 is 0 Å². The zero-order valence-corrected chi connectivity index (χ0v) is 11.5. The third-order valence-electron chi connectivity index (χ3n) is 5.67. The number of nitrogens with zero attached hydrogens (tertiary/aromatic N) is 2. The molecule has 1 aromatic heterocycles. The summed E-state index contributed by atoms with van der Waals surface area (Å²) in [4.78, 5) is 9.13. The zero-order chi connectivity index (χ0) is 12.9. The summed E-state index contributed by atoms with van der Waals surface area (Å²) in [6.45, 7) is 0.524. The first-order chi connectivity index (χ1) is 9.25. The van der Waals surface area contributed by atoms with Gasteiger partial charge >= 0.3 is 0 Å². The molecule has 4 aliphatic rings. The van der Waals surface area contributed by atoms with Gasteiger partial charge in [-0.05, 0) is 67.8 Å². The van der Waals surface area contributed by atoms with E-state index in [1.54, 1.807) is 0 Å². The van der Waals surface area contributed by atoms with Crippen LogP contribution in [0.15, 0.2) is 12.3 Å². The average molecular weight is 257 g/mol. The van der Waals surface area contributed by atoms with Gasteiger partial charge in [0.15, 0.2) is 0 Å². The van der Waals surface area contributed by atoms with Crippen LogP contribution in [0.5, 0.6) is 0 Å². The predicted octanol–water partition coefficient (Wildman–Crippen LogP) is 2.69. The van der Waals surface area contributed by atoms with Crippen molar-refractivity contribution in [3.05, 3.63) is 23.8 Å². The van der Waals surface area contributed by atoms with Crippen molar-refractivity contribution in [3.8, 4) is 0 Å². The van der Waals surface area contributed by atoms with Crippen molar-refractivity contribution in [2.24, 2.45) is 28.9 Å². The van der Waals surface area contributed by atoms with E-state index in [-0.39, 0.29) is 0 Å². The fraction of sp³-hybridized carbons (Fsp3) is 0.750. The quantitative estimate of drug-likeness (QED) is 0.905. The smallest absolute Gasteiger partial charge is 0.129 e. The summed E-state index contributed by atoms with van der Waals surface area (Å²) < 4.78 is 0. The Morgan fingerprint density at radius 3 is 2.32 bits per heavy atom. The van der Waals surface area contributed by atoms with Crippen molar-refractivity contribution in [2.45, 2.75) is 51.5 Å². The Balaban J connectivity index is 1.58. The van der Waals surface area contributed by atoms with E-state index in [0.29, 0.717) is 12.0 Å². The van der Waals surface area contributed by atoms with Crippen LogP contribution >= 0.6 is 0 Å². The zero-order valence-electron chi connectivity index (χ0n) is 11.5. The molecule has 0 radical (unpaired) electrons. The largest absolute Gasteiger partial charge is 0.325 e. The lowest BCUT2D eigenvalue weighted by molar-refractivity contribution is -0.0531. The van der Waals surface area contributed by atoms with Crippen LogP contribution in [0.4, 0.5) is 0 Å². The van der Waals surface area contributed by atoms with E-state index < -0.39 is 0 Å². The van der Waals surface area contributed by atoms with Gasteiger partial charge in [0.2, 0.25) is 0 Å². The van der Waals surface area contributed by atoms with E-state index in [4.69, 9.17) is 5.73 Å². The number of nitrogens with two attached hydrogens (primary N) is 1. The molecule has 19 heavy (non-hydrogen) atoms. The van der Waals surface area contributed by atoms with Gasteiger partial charge in [0, 0.05) is 19.2 Å². The van der Waals surface area contributed by atoms with Crippen LogP contribution in [0.2, 0.25) is 0 Å². The molecule has 0 unspecified atom stereocenters. The number of hydrogen-bond acceptors (Lipinski definition) is 3. The maximum atomic E-state index is 5.69. The lowest BCUT2D eigenvalue weighted by Gasteiger charge is -2.56. The number of rotatable bonds is 3. The van der Waals surface area contributed by atoms with E-state index in [0.717, 1.165) is 35.7 Å². The molecular weight excluding hydrogens is 234 g/mol. The number of hydrogen-bond donors (Lipinski definition) is 1. The standard InChI is InChI=1S/C16H23N3/c17-10-14-1-2-18-15(19-14)9-16-6-11-3-12(7-16)5-13(4-11)8-16/h1-2,11-13H,3-10,17H2. The summed E-state index contributed by atoms with van der Waals surface area (Å²) in [7, 11) is 0. The fourth-order valence-corrected chi connectivity index (χ4v) is 5.48. The van der Waals surface area contributed by atoms with Gasteiger partial charge in [-0.25, -0.2) is 9.97 Å². The van der Waals surface area contributed by atoms with Crippen molar-refractivity contribution in [1.82, 2.24) is 9.97 Å². The highest BCUT2D eigenvalue weighted by atomic mass is 14.9. The molecule has 0 spiro atoms. The number of aromatic nitrogens is 2. The summed E-state index contributed by atoms with van der Waals surface area (Å²) in [6, 6.07) is 1.93. The molecule has 0 saturated heterocycles. The van der Waals surface area contributed by atoms with Gasteiger partial charge in [-0.2, -0.15) is 0 Å². The van der Waals surface area contributed by atoms with Crippen molar-refractivity contribution in [3.63, 3.8) is 0 Å². The van der Waals surface area contributed by atoms with Crippen LogP contribution in [0.1, 0.15) is 50.0 Å². The van der Waals surface area contributed by atoms with Crippen LogP contribution in [0.25, 0.3) is 0 Å². The second-order valence-electron chi connectivity index (χ2n) is 7.26. The Bertz CT molecular complexity index is 447. The maximum Gasteiger partial charge on any atom is 0.129 e. The van der Waals surface area contributed by atoms with Gasteiger partial charge < -0.3 is 5.73 Å². The minimum atomic E-state index is 0.524. The minimum Gasteiger partial charge on any atom is -0.325 e. The monoisotopic (exact) mass is 257 g/mol. The van der Waals surface area contributed by atoms with Crippen LogP contribution < -0.4 is 5.73 Å². The van der Waals surface area contributed by atoms with Crippen molar-refractivity contribution >= 4 is 0 Å². The lowest BCUT2D eigenvalue weighted by Crippen LogP contribution is -2.47. The van der Waals surface area contributed by atoms with E-state index in [1.807, 2.05) is 12.3 Å². The summed E-state index contributed by atoms with van der Waals surface area (Å²) in [5.74, 6) is 4.04. The first-order valence-corrected chi connectivity index (χ1v) is 7.75. The highest BCUT2D eigenvalue weighted by molar-refractivity contribution is 5.08. The Morgan fingerprint density at radius 1 is 1.11 bits per heavy atom. The minimum absolute atomic E-state index is 0.524.